The molecule has 0 aliphatic heterocycles. The fourth-order valence-corrected chi connectivity index (χ4v) is 2.96. The van der Waals surface area contributed by atoms with Gasteiger partial charge in [0.25, 0.3) is 0 Å². The molecule has 0 radical (unpaired) electrons. The number of hydrogen-bond acceptors (Lipinski definition) is 2. The Bertz CT molecular complexity index is 140. The molecule has 2 aliphatic rings. The smallest absolute Gasteiger partial charge is 0.00416 e. The maximum atomic E-state index is 5.95. The van der Waals surface area contributed by atoms with Crippen molar-refractivity contribution in [3.8, 4) is 0 Å². The van der Waals surface area contributed by atoms with E-state index in [-0.39, 0.29) is 0 Å². The first-order valence-corrected chi connectivity index (χ1v) is 5.27. The van der Waals surface area contributed by atoms with Crippen LogP contribution >= 0.6 is 0 Å². The van der Waals surface area contributed by atoms with Crippen LogP contribution in [0.5, 0.6) is 0 Å². The van der Waals surface area contributed by atoms with Crippen LogP contribution in [0.2, 0.25) is 0 Å². The highest BCUT2D eigenvalue weighted by Crippen LogP contribution is 2.39. The Kier molecular flexibility index (Phi) is 2.37. The van der Waals surface area contributed by atoms with Crippen LogP contribution in [-0.4, -0.2) is 12.1 Å². The lowest BCUT2D eigenvalue weighted by Gasteiger charge is -2.40. The summed E-state index contributed by atoms with van der Waals surface area (Å²) in [5, 5.41) is 0. The molecule has 4 N–H and O–H groups in total. The van der Waals surface area contributed by atoms with Gasteiger partial charge in [-0.3, -0.25) is 0 Å². The van der Waals surface area contributed by atoms with Crippen LogP contribution in [-0.2, 0) is 0 Å². The minimum Gasteiger partial charge on any atom is -0.328 e. The van der Waals surface area contributed by atoms with E-state index in [1.807, 2.05) is 0 Å². The van der Waals surface area contributed by atoms with Gasteiger partial charge in [0.15, 0.2) is 0 Å². The van der Waals surface area contributed by atoms with E-state index in [0.29, 0.717) is 12.1 Å². The molecule has 0 saturated heterocycles. The molecular weight excluding hydrogens is 148 g/mol. The van der Waals surface area contributed by atoms with Crippen LogP contribution < -0.4 is 11.5 Å². The molecule has 70 valence electrons. The minimum absolute atomic E-state index is 0.487. The highest BCUT2D eigenvalue weighted by molar-refractivity contribution is 4.88. The first kappa shape index (κ1) is 8.52. The molecule has 0 aromatic heterocycles. The molecule has 0 aromatic rings. The van der Waals surface area contributed by atoms with Gasteiger partial charge in [0.05, 0.1) is 0 Å². The zero-order valence-electron chi connectivity index (χ0n) is 7.71. The third-order valence-electron chi connectivity index (χ3n) is 3.69. The standard InChI is InChI=1S/C10H20N2/c11-9-3-1-7-5-10(12)4-2-8(7)6-9/h7-10H,1-6,11-12H2/t7-,8?,9-,10?/m1/s1. The molecule has 2 rings (SSSR count). The minimum atomic E-state index is 0.487. The van der Waals surface area contributed by atoms with Crippen molar-refractivity contribution >= 4 is 0 Å². The van der Waals surface area contributed by atoms with Gasteiger partial charge in [0.2, 0.25) is 0 Å². The summed E-state index contributed by atoms with van der Waals surface area (Å²) in [5.41, 5.74) is 11.9. The topological polar surface area (TPSA) is 52.0 Å². The quantitative estimate of drug-likeness (QED) is 0.572. The van der Waals surface area contributed by atoms with Gasteiger partial charge in [-0.15, -0.1) is 0 Å². The average Bonchev–Trinajstić information content (AvgIpc) is 2.05. The predicted molar refractivity (Wildman–Crippen MR) is 50.6 cm³/mol. The van der Waals surface area contributed by atoms with Crippen LogP contribution in [0.4, 0.5) is 0 Å². The molecule has 4 atom stereocenters. The monoisotopic (exact) mass is 168 g/mol. The second kappa shape index (κ2) is 3.35. The summed E-state index contributed by atoms with van der Waals surface area (Å²) in [6.07, 6.45) is 7.65. The predicted octanol–water partition coefficient (Wildman–Crippen LogP) is 1.24. The average molecular weight is 168 g/mol. The molecule has 2 unspecified atom stereocenters. The van der Waals surface area contributed by atoms with E-state index in [1.165, 1.54) is 38.5 Å². The van der Waals surface area contributed by atoms with Gasteiger partial charge in [0.1, 0.15) is 0 Å². The van der Waals surface area contributed by atoms with Crippen molar-refractivity contribution in [2.45, 2.75) is 50.6 Å². The van der Waals surface area contributed by atoms with Gasteiger partial charge in [-0.2, -0.15) is 0 Å². The summed E-state index contributed by atoms with van der Waals surface area (Å²) in [4.78, 5) is 0. The van der Waals surface area contributed by atoms with Crippen LogP contribution in [0.25, 0.3) is 0 Å². The fourth-order valence-electron chi connectivity index (χ4n) is 2.96. The third-order valence-corrected chi connectivity index (χ3v) is 3.69. The van der Waals surface area contributed by atoms with Crippen LogP contribution in [0, 0.1) is 11.8 Å². The summed E-state index contributed by atoms with van der Waals surface area (Å²) >= 11 is 0. The Balaban J connectivity index is 1.94. The number of hydrogen-bond donors (Lipinski definition) is 2. The van der Waals surface area contributed by atoms with Crippen molar-refractivity contribution in [1.29, 1.82) is 0 Å². The number of nitrogens with two attached hydrogens (primary N) is 2. The van der Waals surface area contributed by atoms with Gasteiger partial charge in [0, 0.05) is 12.1 Å². The van der Waals surface area contributed by atoms with Gasteiger partial charge < -0.3 is 11.5 Å². The van der Waals surface area contributed by atoms with E-state index in [9.17, 15) is 0 Å². The highest BCUT2D eigenvalue weighted by atomic mass is 14.7. The van der Waals surface area contributed by atoms with E-state index in [1.54, 1.807) is 0 Å². The summed E-state index contributed by atoms with van der Waals surface area (Å²) in [6.45, 7) is 0. The molecule has 2 nitrogen and oxygen atoms in total. The normalized spacial score (nSPS) is 48.5. The van der Waals surface area contributed by atoms with E-state index < -0.39 is 0 Å². The molecule has 12 heavy (non-hydrogen) atoms. The van der Waals surface area contributed by atoms with E-state index in [2.05, 4.69) is 0 Å². The van der Waals surface area contributed by atoms with E-state index in [0.717, 1.165) is 11.8 Å². The molecule has 2 fully saturated rings. The first-order valence-electron chi connectivity index (χ1n) is 5.27. The number of fused-ring (bicyclic) bond motifs is 1. The number of rotatable bonds is 0. The van der Waals surface area contributed by atoms with Crippen molar-refractivity contribution in [1.82, 2.24) is 0 Å². The Morgan fingerprint density at radius 3 is 1.50 bits per heavy atom. The fraction of sp³-hybridized carbons (Fsp3) is 1.00. The summed E-state index contributed by atoms with van der Waals surface area (Å²) in [5.74, 6) is 1.82. The van der Waals surface area contributed by atoms with Gasteiger partial charge in [-0.05, 0) is 50.4 Å². The Hall–Kier alpha value is -0.0800. The zero-order valence-corrected chi connectivity index (χ0v) is 7.71. The Morgan fingerprint density at radius 1 is 0.667 bits per heavy atom. The van der Waals surface area contributed by atoms with Crippen LogP contribution in [0.3, 0.4) is 0 Å². The molecule has 2 heteroatoms. The van der Waals surface area contributed by atoms with Crippen LogP contribution in [0.1, 0.15) is 38.5 Å². The largest absolute Gasteiger partial charge is 0.328 e. The lowest BCUT2D eigenvalue weighted by molar-refractivity contribution is 0.144. The summed E-state index contributed by atoms with van der Waals surface area (Å²) in [7, 11) is 0. The lowest BCUT2D eigenvalue weighted by atomic mass is 9.68. The van der Waals surface area contributed by atoms with Gasteiger partial charge in [-0.1, -0.05) is 0 Å². The first-order chi connectivity index (χ1) is 5.75. The van der Waals surface area contributed by atoms with Crippen molar-refractivity contribution in [3.05, 3.63) is 0 Å². The molecule has 0 aromatic carbocycles. The van der Waals surface area contributed by atoms with Gasteiger partial charge in [-0.25, -0.2) is 0 Å². The summed E-state index contributed by atoms with van der Waals surface area (Å²) < 4.78 is 0. The lowest BCUT2D eigenvalue weighted by Crippen LogP contribution is -2.40. The van der Waals surface area contributed by atoms with Crippen molar-refractivity contribution in [3.63, 3.8) is 0 Å². The van der Waals surface area contributed by atoms with Crippen molar-refractivity contribution < 1.29 is 0 Å². The SMILES string of the molecule is NC1CCC2C[C@H](N)CC[C@@H]2C1. The van der Waals surface area contributed by atoms with Gasteiger partial charge >= 0.3 is 0 Å². The third kappa shape index (κ3) is 1.64. The molecule has 0 bridgehead atoms. The second-order valence-electron chi connectivity index (χ2n) is 4.67. The Labute approximate surface area is 74.7 Å². The molecular formula is C10H20N2. The molecule has 2 saturated carbocycles. The van der Waals surface area contributed by atoms with Crippen molar-refractivity contribution in [2.75, 3.05) is 0 Å². The molecule has 0 heterocycles. The maximum Gasteiger partial charge on any atom is 0.00416 e. The second-order valence-corrected chi connectivity index (χ2v) is 4.67. The van der Waals surface area contributed by atoms with E-state index >= 15 is 0 Å². The van der Waals surface area contributed by atoms with Crippen molar-refractivity contribution in [2.24, 2.45) is 23.3 Å². The molecule has 2 aliphatic carbocycles. The molecule has 0 amide bonds. The van der Waals surface area contributed by atoms with Crippen LogP contribution in [0.15, 0.2) is 0 Å². The Morgan fingerprint density at radius 2 is 1.08 bits per heavy atom. The maximum absolute atomic E-state index is 5.95. The van der Waals surface area contributed by atoms with E-state index in [4.69, 9.17) is 11.5 Å². The highest BCUT2D eigenvalue weighted by Gasteiger charge is 2.33. The molecule has 0 spiro atoms. The zero-order chi connectivity index (χ0) is 8.55. The summed E-state index contributed by atoms with van der Waals surface area (Å²) in [6, 6.07) is 0.973.